The highest BCUT2D eigenvalue weighted by atomic mass is 35.5. The van der Waals surface area contributed by atoms with Crippen LogP contribution in [-0.4, -0.2) is 36.0 Å². The first-order valence-corrected chi connectivity index (χ1v) is 6.06. The van der Waals surface area contributed by atoms with Gasteiger partial charge in [0.1, 0.15) is 0 Å². The number of ether oxygens (including phenoxy) is 1. The molecule has 0 aromatic carbocycles. The second-order valence-electron chi connectivity index (χ2n) is 4.32. The van der Waals surface area contributed by atoms with Gasteiger partial charge in [0.2, 0.25) is 0 Å². The predicted molar refractivity (Wildman–Crippen MR) is 69.4 cm³/mol. The van der Waals surface area contributed by atoms with E-state index in [9.17, 15) is 5.11 Å². The smallest absolute Gasteiger partial charge is 0.0945 e. The van der Waals surface area contributed by atoms with Crippen LogP contribution >= 0.6 is 11.6 Å². The Morgan fingerprint density at radius 3 is 2.88 bits per heavy atom. The molecule has 0 aliphatic rings. The van der Waals surface area contributed by atoms with E-state index in [-0.39, 0.29) is 0 Å². The van der Waals surface area contributed by atoms with Gasteiger partial charge in [0.05, 0.1) is 23.4 Å². The number of nitrogens with one attached hydrogen (secondary N) is 1. The summed E-state index contributed by atoms with van der Waals surface area (Å²) in [6.07, 6.45) is 2.67. The molecule has 1 aromatic rings. The lowest BCUT2D eigenvalue weighted by Crippen LogP contribution is -2.25. The van der Waals surface area contributed by atoms with Crippen LogP contribution in [0.3, 0.4) is 0 Å². The van der Waals surface area contributed by atoms with E-state index in [2.05, 4.69) is 24.1 Å². The standard InChI is InChI=1S/C12H19ClN2O2/c1-9(2)7-17-8-10(16)5-15-12-3-4-14-6-11(12)13/h3-4,6,9-10,16H,5,7-8H2,1-2H3,(H,14,15). The molecule has 0 spiro atoms. The second-order valence-corrected chi connectivity index (χ2v) is 4.73. The predicted octanol–water partition coefficient (Wildman–Crippen LogP) is 2.18. The Hall–Kier alpha value is -0.840. The number of nitrogens with zero attached hydrogens (tertiary/aromatic N) is 1. The van der Waals surface area contributed by atoms with Gasteiger partial charge < -0.3 is 15.2 Å². The van der Waals surface area contributed by atoms with Crippen LogP contribution in [0, 0.1) is 5.92 Å². The van der Waals surface area contributed by atoms with E-state index in [1.807, 2.05) is 0 Å². The van der Waals surface area contributed by atoms with Crippen molar-refractivity contribution in [2.24, 2.45) is 5.92 Å². The Labute approximate surface area is 107 Å². The molecule has 0 amide bonds. The summed E-state index contributed by atoms with van der Waals surface area (Å²) >= 11 is 5.92. The van der Waals surface area contributed by atoms with E-state index in [1.165, 1.54) is 0 Å². The van der Waals surface area contributed by atoms with Crippen molar-refractivity contribution < 1.29 is 9.84 Å². The molecule has 17 heavy (non-hydrogen) atoms. The number of aliphatic hydroxyl groups is 1. The quantitative estimate of drug-likeness (QED) is 0.787. The summed E-state index contributed by atoms with van der Waals surface area (Å²) < 4.78 is 5.34. The van der Waals surface area contributed by atoms with Gasteiger partial charge in [-0.2, -0.15) is 0 Å². The van der Waals surface area contributed by atoms with Crippen LogP contribution in [0.5, 0.6) is 0 Å². The largest absolute Gasteiger partial charge is 0.389 e. The molecule has 2 N–H and O–H groups in total. The molecule has 1 unspecified atom stereocenters. The van der Waals surface area contributed by atoms with Crippen molar-refractivity contribution in [1.82, 2.24) is 4.98 Å². The number of hydrogen-bond acceptors (Lipinski definition) is 4. The average molecular weight is 259 g/mol. The molecule has 4 nitrogen and oxygen atoms in total. The molecule has 1 atom stereocenters. The number of hydrogen-bond donors (Lipinski definition) is 2. The first-order valence-electron chi connectivity index (χ1n) is 5.68. The van der Waals surface area contributed by atoms with Gasteiger partial charge >= 0.3 is 0 Å². The topological polar surface area (TPSA) is 54.4 Å². The molecule has 0 radical (unpaired) electrons. The van der Waals surface area contributed by atoms with Gasteiger partial charge in [0.25, 0.3) is 0 Å². The van der Waals surface area contributed by atoms with Gasteiger partial charge in [-0.15, -0.1) is 0 Å². The summed E-state index contributed by atoms with van der Waals surface area (Å²) in [5.74, 6) is 0.477. The van der Waals surface area contributed by atoms with Crippen molar-refractivity contribution >= 4 is 17.3 Å². The maximum Gasteiger partial charge on any atom is 0.0945 e. The Morgan fingerprint density at radius 2 is 2.24 bits per heavy atom. The molecule has 0 aliphatic carbocycles. The average Bonchev–Trinajstić information content (AvgIpc) is 2.27. The van der Waals surface area contributed by atoms with E-state index in [0.717, 1.165) is 5.69 Å². The third-order valence-electron chi connectivity index (χ3n) is 2.06. The number of anilines is 1. The minimum absolute atomic E-state index is 0.327. The lowest BCUT2D eigenvalue weighted by atomic mass is 10.2. The van der Waals surface area contributed by atoms with Gasteiger partial charge in [-0.25, -0.2) is 0 Å². The maximum atomic E-state index is 9.67. The van der Waals surface area contributed by atoms with Crippen LogP contribution in [0.25, 0.3) is 0 Å². The van der Waals surface area contributed by atoms with E-state index in [4.69, 9.17) is 16.3 Å². The molecular formula is C12H19ClN2O2. The van der Waals surface area contributed by atoms with Crippen molar-refractivity contribution in [1.29, 1.82) is 0 Å². The van der Waals surface area contributed by atoms with Crippen LogP contribution in [-0.2, 0) is 4.74 Å². The molecular weight excluding hydrogens is 240 g/mol. The van der Waals surface area contributed by atoms with Gasteiger partial charge in [-0.05, 0) is 12.0 Å². The monoisotopic (exact) mass is 258 g/mol. The Kier molecular flexibility index (Phi) is 6.26. The lowest BCUT2D eigenvalue weighted by Gasteiger charge is -2.14. The van der Waals surface area contributed by atoms with Gasteiger partial charge in [-0.1, -0.05) is 25.4 Å². The van der Waals surface area contributed by atoms with E-state index < -0.39 is 6.10 Å². The fourth-order valence-electron chi connectivity index (χ4n) is 1.25. The van der Waals surface area contributed by atoms with Gasteiger partial charge in [0.15, 0.2) is 0 Å². The third kappa shape index (κ3) is 5.86. The maximum absolute atomic E-state index is 9.67. The number of rotatable bonds is 7. The summed E-state index contributed by atoms with van der Waals surface area (Å²) in [6.45, 7) is 5.53. The molecule has 0 fully saturated rings. The highest BCUT2D eigenvalue weighted by molar-refractivity contribution is 6.33. The minimum Gasteiger partial charge on any atom is -0.389 e. The summed E-state index contributed by atoms with van der Waals surface area (Å²) in [5, 5.41) is 13.3. The fourth-order valence-corrected chi connectivity index (χ4v) is 1.43. The van der Waals surface area contributed by atoms with E-state index >= 15 is 0 Å². The Balaban J connectivity index is 2.24. The zero-order chi connectivity index (χ0) is 12.7. The number of aliphatic hydroxyl groups excluding tert-OH is 1. The number of aromatic nitrogens is 1. The lowest BCUT2D eigenvalue weighted by molar-refractivity contribution is 0.0318. The van der Waals surface area contributed by atoms with Crippen molar-refractivity contribution in [3.63, 3.8) is 0 Å². The van der Waals surface area contributed by atoms with E-state index in [1.54, 1.807) is 18.5 Å². The molecule has 5 heteroatoms. The molecule has 1 rings (SSSR count). The minimum atomic E-state index is -0.544. The second kappa shape index (κ2) is 7.48. The molecule has 1 heterocycles. The van der Waals surface area contributed by atoms with Crippen LogP contribution < -0.4 is 5.32 Å². The number of pyridine rings is 1. The first kappa shape index (κ1) is 14.2. The zero-order valence-corrected chi connectivity index (χ0v) is 10.9. The summed E-state index contributed by atoms with van der Waals surface area (Å²) in [4.78, 5) is 3.88. The summed E-state index contributed by atoms with van der Waals surface area (Å²) in [6, 6.07) is 1.77. The van der Waals surface area contributed by atoms with Crippen LogP contribution in [0.2, 0.25) is 5.02 Å². The van der Waals surface area contributed by atoms with Crippen molar-refractivity contribution in [3.8, 4) is 0 Å². The van der Waals surface area contributed by atoms with Crippen LogP contribution in [0.1, 0.15) is 13.8 Å². The van der Waals surface area contributed by atoms with Crippen LogP contribution in [0.4, 0.5) is 5.69 Å². The SMILES string of the molecule is CC(C)COCC(O)CNc1ccncc1Cl. The van der Waals surface area contributed by atoms with Gasteiger partial charge in [-0.3, -0.25) is 4.98 Å². The molecule has 96 valence electrons. The van der Waals surface area contributed by atoms with Gasteiger partial charge in [0, 0.05) is 25.5 Å². The Morgan fingerprint density at radius 1 is 1.47 bits per heavy atom. The Bertz CT molecular complexity index is 334. The fraction of sp³-hybridized carbons (Fsp3) is 0.583. The molecule has 0 aliphatic heterocycles. The summed E-state index contributed by atoms with van der Waals surface area (Å²) in [5.41, 5.74) is 0.768. The van der Waals surface area contributed by atoms with Crippen molar-refractivity contribution in [2.45, 2.75) is 20.0 Å². The highest BCUT2D eigenvalue weighted by Crippen LogP contribution is 2.18. The highest BCUT2D eigenvalue weighted by Gasteiger charge is 2.06. The zero-order valence-electron chi connectivity index (χ0n) is 10.2. The molecule has 1 aromatic heterocycles. The van der Waals surface area contributed by atoms with Crippen molar-refractivity contribution in [2.75, 3.05) is 25.1 Å². The molecule has 0 bridgehead atoms. The molecule has 0 saturated carbocycles. The summed E-state index contributed by atoms with van der Waals surface area (Å²) in [7, 11) is 0. The van der Waals surface area contributed by atoms with Crippen LogP contribution in [0.15, 0.2) is 18.5 Å². The molecule has 0 saturated heterocycles. The third-order valence-corrected chi connectivity index (χ3v) is 2.36. The number of halogens is 1. The first-order chi connectivity index (χ1) is 8.09. The van der Waals surface area contributed by atoms with Crippen molar-refractivity contribution in [3.05, 3.63) is 23.5 Å². The normalized spacial score (nSPS) is 12.8. The van der Waals surface area contributed by atoms with E-state index in [0.29, 0.717) is 30.7 Å².